The van der Waals surface area contributed by atoms with Crippen LogP contribution in [-0.2, 0) is 0 Å². The van der Waals surface area contributed by atoms with Crippen molar-refractivity contribution in [1.29, 1.82) is 0 Å². The molecule has 0 saturated carbocycles. The summed E-state index contributed by atoms with van der Waals surface area (Å²) in [4.78, 5) is 12.7. The lowest BCUT2D eigenvalue weighted by Crippen LogP contribution is -2.50. The number of rotatable bonds is 1. The Balaban J connectivity index is 2.18. The van der Waals surface area contributed by atoms with Gasteiger partial charge in [-0.05, 0) is 24.1 Å². The number of carbonyl (C=O) groups excluding carboxylic acids is 1. The molecule has 1 aliphatic heterocycles. The topological polar surface area (TPSA) is 72.4 Å². The fraction of sp³-hybridized carbons (Fsp3) is 0.417. The minimum absolute atomic E-state index is 0.0574. The standard InChI is InChI=1S/C12H16FN3O/c13-10-3-1-2-8(4-10)9-5-11(14)7-16(6-9)12(15)17/h1-4,9,11H,5-7,14H2,(H2,15,17). The highest BCUT2D eigenvalue weighted by Crippen LogP contribution is 2.26. The maximum Gasteiger partial charge on any atom is 0.314 e. The molecule has 4 N–H and O–H groups in total. The van der Waals surface area contributed by atoms with Crippen LogP contribution in [0.1, 0.15) is 17.9 Å². The number of nitrogens with zero attached hydrogens (tertiary/aromatic N) is 1. The normalized spacial score (nSPS) is 24.7. The summed E-state index contributed by atoms with van der Waals surface area (Å²) < 4.78 is 13.1. The first kappa shape index (κ1) is 11.9. The Labute approximate surface area is 99.4 Å². The first-order valence-corrected chi connectivity index (χ1v) is 5.61. The van der Waals surface area contributed by atoms with Gasteiger partial charge in [0.15, 0.2) is 0 Å². The lowest BCUT2D eigenvalue weighted by Gasteiger charge is -2.35. The van der Waals surface area contributed by atoms with Crippen molar-refractivity contribution in [2.45, 2.75) is 18.4 Å². The van der Waals surface area contributed by atoms with Gasteiger partial charge in [0.2, 0.25) is 0 Å². The number of benzene rings is 1. The minimum Gasteiger partial charge on any atom is -0.351 e. The number of nitrogens with two attached hydrogens (primary N) is 2. The maximum absolute atomic E-state index is 13.1. The highest BCUT2D eigenvalue weighted by molar-refractivity contribution is 5.72. The zero-order valence-corrected chi connectivity index (χ0v) is 9.47. The van der Waals surface area contributed by atoms with E-state index in [2.05, 4.69) is 0 Å². The molecule has 1 saturated heterocycles. The molecule has 2 rings (SSSR count). The largest absolute Gasteiger partial charge is 0.351 e. The van der Waals surface area contributed by atoms with E-state index in [4.69, 9.17) is 11.5 Å². The third kappa shape index (κ3) is 2.74. The fourth-order valence-electron chi connectivity index (χ4n) is 2.32. The van der Waals surface area contributed by atoms with Crippen LogP contribution in [0.2, 0.25) is 0 Å². The van der Waals surface area contributed by atoms with E-state index in [-0.39, 0.29) is 17.8 Å². The molecule has 5 heteroatoms. The lowest BCUT2D eigenvalue weighted by atomic mass is 9.88. The monoisotopic (exact) mass is 237 g/mol. The molecule has 0 radical (unpaired) electrons. The lowest BCUT2D eigenvalue weighted by molar-refractivity contribution is 0.180. The molecule has 2 amide bonds. The molecular weight excluding hydrogens is 221 g/mol. The fourth-order valence-corrected chi connectivity index (χ4v) is 2.32. The zero-order valence-electron chi connectivity index (χ0n) is 9.47. The van der Waals surface area contributed by atoms with E-state index >= 15 is 0 Å². The molecule has 1 aromatic rings. The first-order chi connectivity index (χ1) is 8.06. The Kier molecular flexibility index (Phi) is 3.28. The van der Waals surface area contributed by atoms with Crippen LogP contribution >= 0.6 is 0 Å². The second-order valence-electron chi connectivity index (χ2n) is 4.49. The summed E-state index contributed by atoms with van der Waals surface area (Å²) in [6.07, 6.45) is 0.743. The van der Waals surface area contributed by atoms with Crippen LogP contribution in [-0.4, -0.2) is 30.1 Å². The number of amides is 2. The number of hydrogen-bond donors (Lipinski definition) is 2. The van der Waals surface area contributed by atoms with Gasteiger partial charge in [0.05, 0.1) is 0 Å². The molecule has 1 fully saturated rings. The molecule has 17 heavy (non-hydrogen) atoms. The van der Waals surface area contributed by atoms with Crippen molar-refractivity contribution in [2.24, 2.45) is 11.5 Å². The number of halogens is 1. The molecule has 0 spiro atoms. The van der Waals surface area contributed by atoms with Gasteiger partial charge < -0.3 is 16.4 Å². The van der Waals surface area contributed by atoms with E-state index < -0.39 is 6.03 Å². The van der Waals surface area contributed by atoms with E-state index in [9.17, 15) is 9.18 Å². The van der Waals surface area contributed by atoms with Gasteiger partial charge in [-0.2, -0.15) is 0 Å². The summed E-state index contributed by atoms with van der Waals surface area (Å²) >= 11 is 0. The number of likely N-dealkylation sites (tertiary alicyclic amines) is 1. The van der Waals surface area contributed by atoms with Crippen molar-refractivity contribution in [1.82, 2.24) is 4.90 Å². The van der Waals surface area contributed by atoms with Gasteiger partial charge in [-0.15, -0.1) is 0 Å². The molecule has 2 atom stereocenters. The molecule has 0 aliphatic carbocycles. The van der Waals surface area contributed by atoms with Crippen LogP contribution in [0, 0.1) is 5.82 Å². The molecule has 1 aromatic carbocycles. The number of urea groups is 1. The molecule has 1 heterocycles. The van der Waals surface area contributed by atoms with Crippen molar-refractivity contribution >= 4 is 6.03 Å². The SMILES string of the molecule is NC(=O)N1CC(N)CC(c2cccc(F)c2)C1. The molecule has 1 aliphatic rings. The first-order valence-electron chi connectivity index (χ1n) is 5.61. The Morgan fingerprint density at radius 3 is 2.82 bits per heavy atom. The van der Waals surface area contributed by atoms with Crippen LogP contribution in [0.25, 0.3) is 0 Å². The maximum atomic E-state index is 13.1. The minimum atomic E-state index is -0.471. The Hall–Kier alpha value is -1.62. The summed E-state index contributed by atoms with van der Waals surface area (Å²) in [7, 11) is 0. The predicted octanol–water partition coefficient (Wildman–Crippen LogP) is 1.02. The second kappa shape index (κ2) is 4.71. The second-order valence-corrected chi connectivity index (χ2v) is 4.49. The highest BCUT2D eigenvalue weighted by atomic mass is 19.1. The van der Waals surface area contributed by atoms with Crippen LogP contribution in [0.5, 0.6) is 0 Å². The van der Waals surface area contributed by atoms with E-state index in [1.165, 1.54) is 17.0 Å². The zero-order chi connectivity index (χ0) is 12.4. The van der Waals surface area contributed by atoms with Gasteiger partial charge in [0.1, 0.15) is 5.82 Å². The van der Waals surface area contributed by atoms with Crippen molar-refractivity contribution in [3.8, 4) is 0 Å². The van der Waals surface area contributed by atoms with Gasteiger partial charge in [0, 0.05) is 25.0 Å². The number of piperidine rings is 1. The quantitative estimate of drug-likeness (QED) is 0.765. The van der Waals surface area contributed by atoms with Crippen molar-refractivity contribution < 1.29 is 9.18 Å². The summed E-state index contributed by atoms with van der Waals surface area (Å²) in [5.74, 6) is -0.214. The van der Waals surface area contributed by atoms with E-state index in [0.717, 1.165) is 12.0 Å². The number of hydrogen-bond acceptors (Lipinski definition) is 2. The van der Waals surface area contributed by atoms with Crippen molar-refractivity contribution in [3.63, 3.8) is 0 Å². The van der Waals surface area contributed by atoms with E-state index in [0.29, 0.717) is 13.1 Å². The Morgan fingerprint density at radius 1 is 1.41 bits per heavy atom. The average Bonchev–Trinajstić information content (AvgIpc) is 2.28. The number of carbonyl (C=O) groups is 1. The highest BCUT2D eigenvalue weighted by Gasteiger charge is 2.28. The third-order valence-corrected chi connectivity index (χ3v) is 3.11. The molecule has 4 nitrogen and oxygen atoms in total. The molecule has 0 aromatic heterocycles. The van der Waals surface area contributed by atoms with Gasteiger partial charge in [-0.25, -0.2) is 9.18 Å². The summed E-state index contributed by atoms with van der Waals surface area (Å²) in [5.41, 5.74) is 12.0. The van der Waals surface area contributed by atoms with Crippen molar-refractivity contribution in [3.05, 3.63) is 35.6 Å². The van der Waals surface area contributed by atoms with Gasteiger partial charge >= 0.3 is 6.03 Å². The molecular formula is C12H16FN3O. The predicted molar refractivity (Wildman–Crippen MR) is 62.9 cm³/mol. The third-order valence-electron chi connectivity index (χ3n) is 3.11. The van der Waals surface area contributed by atoms with Gasteiger partial charge in [-0.3, -0.25) is 0 Å². The Bertz CT molecular complexity index is 424. The van der Waals surface area contributed by atoms with Crippen LogP contribution in [0.15, 0.2) is 24.3 Å². The summed E-state index contributed by atoms with van der Waals surface area (Å²) in [6.45, 7) is 0.980. The summed E-state index contributed by atoms with van der Waals surface area (Å²) in [6, 6.07) is 5.83. The van der Waals surface area contributed by atoms with Crippen LogP contribution in [0.3, 0.4) is 0 Å². The average molecular weight is 237 g/mol. The molecule has 2 unspecified atom stereocenters. The van der Waals surface area contributed by atoms with E-state index in [1.54, 1.807) is 6.07 Å². The van der Waals surface area contributed by atoms with Gasteiger partial charge in [0.25, 0.3) is 0 Å². The molecule has 92 valence electrons. The number of primary amides is 1. The van der Waals surface area contributed by atoms with Crippen LogP contribution in [0.4, 0.5) is 9.18 Å². The molecule has 0 bridgehead atoms. The van der Waals surface area contributed by atoms with Crippen molar-refractivity contribution in [2.75, 3.05) is 13.1 Å². The smallest absolute Gasteiger partial charge is 0.314 e. The van der Waals surface area contributed by atoms with Crippen LogP contribution < -0.4 is 11.5 Å². The summed E-state index contributed by atoms with van der Waals surface area (Å²) in [5, 5.41) is 0. The Morgan fingerprint density at radius 2 is 2.18 bits per heavy atom. The van der Waals surface area contributed by atoms with E-state index in [1.807, 2.05) is 6.07 Å². The van der Waals surface area contributed by atoms with Gasteiger partial charge in [-0.1, -0.05) is 12.1 Å².